The average Bonchev–Trinajstić information content (AvgIpc) is 2.99. The third-order valence-electron chi connectivity index (χ3n) is 3.81. The molecule has 0 radical (unpaired) electrons. The number of nitrogens with one attached hydrogen (secondary N) is 1. The molecular formula is C16H14F3N5O3S. The van der Waals surface area contributed by atoms with E-state index in [2.05, 4.69) is 20.5 Å². The summed E-state index contributed by atoms with van der Waals surface area (Å²) in [5.74, 6) is 0.101. The molecule has 12 heteroatoms. The van der Waals surface area contributed by atoms with Crippen molar-refractivity contribution in [3.63, 3.8) is 0 Å². The number of sulfonamides is 1. The maximum atomic E-state index is 12.9. The van der Waals surface area contributed by atoms with E-state index in [1.54, 1.807) is 0 Å². The van der Waals surface area contributed by atoms with Gasteiger partial charge in [0.15, 0.2) is 0 Å². The third kappa shape index (κ3) is 3.97. The Morgan fingerprint density at radius 2 is 1.86 bits per heavy atom. The first-order valence-electron chi connectivity index (χ1n) is 7.74. The molecule has 0 amide bonds. The summed E-state index contributed by atoms with van der Waals surface area (Å²) in [7, 11) is -4.05. The zero-order valence-electron chi connectivity index (χ0n) is 14.6. The van der Waals surface area contributed by atoms with Crippen LogP contribution in [0.15, 0.2) is 39.8 Å². The highest BCUT2D eigenvalue weighted by Crippen LogP contribution is 2.36. The van der Waals surface area contributed by atoms with Crippen molar-refractivity contribution in [2.45, 2.75) is 24.9 Å². The molecule has 1 aromatic carbocycles. The van der Waals surface area contributed by atoms with Crippen LogP contribution in [0.25, 0.3) is 11.5 Å². The summed E-state index contributed by atoms with van der Waals surface area (Å²) in [5, 5.41) is 15.5. The van der Waals surface area contributed by atoms with Gasteiger partial charge in [-0.25, -0.2) is 18.5 Å². The monoisotopic (exact) mass is 413 g/mol. The van der Waals surface area contributed by atoms with E-state index < -0.39 is 21.8 Å². The molecule has 3 rings (SSSR count). The SMILES string of the molecule is Cc1nnc(-c2c(Nc3cc(C(F)(F)F)ccn3)ccc(S(N)(=O)=O)c2C)o1. The van der Waals surface area contributed by atoms with Crippen LogP contribution >= 0.6 is 0 Å². The van der Waals surface area contributed by atoms with Crippen molar-refractivity contribution in [3.8, 4) is 11.5 Å². The topological polar surface area (TPSA) is 124 Å². The van der Waals surface area contributed by atoms with Crippen molar-refractivity contribution in [1.29, 1.82) is 0 Å². The van der Waals surface area contributed by atoms with E-state index in [4.69, 9.17) is 9.56 Å². The second-order valence-corrected chi connectivity index (χ2v) is 7.36. The smallest absolute Gasteiger partial charge is 0.416 e. The largest absolute Gasteiger partial charge is 0.421 e. The minimum absolute atomic E-state index is 0.0185. The van der Waals surface area contributed by atoms with Crippen LogP contribution < -0.4 is 10.5 Å². The van der Waals surface area contributed by atoms with E-state index in [0.29, 0.717) is 0 Å². The van der Waals surface area contributed by atoms with Crippen LogP contribution in [0.5, 0.6) is 0 Å². The summed E-state index contributed by atoms with van der Waals surface area (Å²) >= 11 is 0. The number of aryl methyl sites for hydroxylation is 1. The molecular weight excluding hydrogens is 399 g/mol. The molecule has 0 saturated heterocycles. The fourth-order valence-electron chi connectivity index (χ4n) is 2.59. The highest BCUT2D eigenvalue weighted by molar-refractivity contribution is 7.89. The Morgan fingerprint density at radius 1 is 1.14 bits per heavy atom. The third-order valence-corrected chi connectivity index (χ3v) is 4.87. The minimum Gasteiger partial charge on any atom is -0.421 e. The number of hydrogen-bond donors (Lipinski definition) is 2. The molecule has 0 spiro atoms. The van der Waals surface area contributed by atoms with Crippen LogP contribution in [0.2, 0.25) is 0 Å². The van der Waals surface area contributed by atoms with Crippen LogP contribution in [0.4, 0.5) is 24.7 Å². The van der Waals surface area contributed by atoms with Gasteiger partial charge in [0.25, 0.3) is 0 Å². The number of halogens is 3. The van der Waals surface area contributed by atoms with Gasteiger partial charge in [-0.15, -0.1) is 10.2 Å². The highest BCUT2D eigenvalue weighted by Gasteiger charge is 2.31. The zero-order chi connectivity index (χ0) is 20.7. The van der Waals surface area contributed by atoms with Gasteiger partial charge in [-0.3, -0.25) is 0 Å². The predicted octanol–water partition coefficient (Wildman–Crippen LogP) is 3.16. The lowest BCUT2D eigenvalue weighted by atomic mass is 10.1. The van der Waals surface area contributed by atoms with Crippen molar-refractivity contribution in [2.24, 2.45) is 5.14 Å². The Balaban J connectivity index is 2.15. The number of nitrogens with two attached hydrogens (primary N) is 1. The molecule has 0 fully saturated rings. The zero-order valence-corrected chi connectivity index (χ0v) is 15.4. The Labute approximate surface area is 157 Å². The van der Waals surface area contributed by atoms with E-state index in [0.717, 1.165) is 18.3 Å². The van der Waals surface area contributed by atoms with E-state index >= 15 is 0 Å². The van der Waals surface area contributed by atoms with Crippen molar-refractivity contribution >= 4 is 21.5 Å². The van der Waals surface area contributed by atoms with Crippen molar-refractivity contribution in [1.82, 2.24) is 15.2 Å². The van der Waals surface area contributed by atoms with Crippen molar-refractivity contribution in [3.05, 3.63) is 47.5 Å². The summed E-state index contributed by atoms with van der Waals surface area (Å²) in [6.07, 6.45) is -3.54. The molecule has 2 aromatic heterocycles. The molecule has 0 aliphatic carbocycles. The van der Waals surface area contributed by atoms with Gasteiger partial charge >= 0.3 is 6.18 Å². The number of pyridine rings is 1. The molecule has 3 aromatic rings. The second-order valence-electron chi connectivity index (χ2n) is 5.84. The van der Waals surface area contributed by atoms with Gasteiger partial charge in [0.1, 0.15) is 5.82 Å². The van der Waals surface area contributed by atoms with Gasteiger partial charge in [0, 0.05) is 13.1 Å². The lowest BCUT2D eigenvalue weighted by Crippen LogP contribution is -2.14. The van der Waals surface area contributed by atoms with Crippen LogP contribution in [-0.2, 0) is 16.2 Å². The fraction of sp³-hybridized carbons (Fsp3) is 0.188. The Kier molecular flexibility index (Phi) is 4.85. The Hall–Kier alpha value is -2.99. The average molecular weight is 413 g/mol. The minimum atomic E-state index is -4.54. The molecule has 0 unspecified atom stereocenters. The molecule has 3 N–H and O–H groups in total. The number of benzene rings is 1. The summed E-state index contributed by atoms with van der Waals surface area (Å²) in [5.41, 5.74) is -0.284. The maximum Gasteiger partial charge on any atom is 0.416 e. The van der Waals surface area contributed by atoms with E-state index in [1.807, 2.05) is 0 Å². The number of primary sulfonamides is 1. The van der Waals surface area contributed by atoms with Gasteiger partial charge in [-0.05, 0) is 36.8 Å². The van der Waals surface area contributed by atoms with Gasteiger partial charge in [-0.1, -0.05) is 0 Å². The molecule has 0 aliphatic rings. The summed E-state index contributed by atoms with van der Waals surface area (Å²) in [4.78, 5) is 3.69. The first-order chi connectivity index (χ1) is 13.0. The number of hydrogen-bond acceptors (Lipinski definition) is 7. The molecule has 0 bridgehead atoms. The first kappa shape index (κ1) is 19.8. The molecule has 0 atom stereocenters. The Morgan fingerprint density at radius 3 is 2.43 bits per heavy atom. The molecule has 28 heavy (non-hydrogen) atoms. The molecule has 2 heterocycles. The molecule has 148 valence electrons. The van der Waals surface area contributed by atoms with Gasteiger partial charge in [0.05, 0.1) is 21.7 Å². The first-order valence-corrected chi connectivity index (χ1v) is 9.28. The van der Waals surface area contributed by atoms with Gasteiger partial charge in [-0.2, -0.15) is 13.2 Å². The number of alkyl halides is 3. The highest BCUT2D eigenvalue weighted by atomic mass is 32.2. The normalized spacial score (nSPS) is 12.2. The van der Waals surface area contributed by atoms with Crippen LogP contribution in [0.1, 0.15) is 17.0 Å². The Bertz CT molecular complexity index is 1140. The number of aromatic nitrogens is 3. The van der Waals surface area contributed by atoms with Gasteiger partial charge in [0.2, 0.25) is 21.8 Å². The van der Waals surface area contributed by atoms with E-state index in [1.165, 1.54) is 26.0 Å². The molecule has 0 aliphatic heterocycles. The number of anilines is 2. The number of rotatable bonds is 4. The second kappa shape index (κ2) is 6.87. The van der Waals surface area contributed by atoms with Crippen LogP contribution in [0.3, 0.4) is 0 Å². The summed E-state index contributed by atoms with van der Waals surface area (Å²) in [6, 6.07) is 4.23. The van der Waals surface area contributed by atoms with E-state index in [9.17, 15) is 21.6 Å². The maximum absolute atomic E-state index is 12.9. The fourth-order valence-corrected chi connectivity index (χ4v) is 3.38. The summed E-state index contributed by atoms with van der Waals surface area (Å²) in [6.45, 7) is 3.01. The lowest BCUT2D eigenvalue weighted by Gasteiger charge is -2.15. The van der Waals surface area contributed by atoms with Gasteiger partial charge < -0.3 is 9.73 Å². The van der Waals surface area contributed by atoms with Crippen molar-refractivity contribution < 1.29 is 26.0 Å². The molecule has 0 saturated carbocycles. The quantitative estimate of drug-likeness (QED) is 0.673. The summed E-state index contributed by atoms with van der Waals surface area (Å²) < 4.78 is 67.8. The standard InChI is InChI=1S/C16H14F3N5O3S/c1-8-12(28(20,25)26)4-3-11(14(8)15-24-23-9(2)27-15)22-13-7-10(5-6-21-13)16(17,18)19/h3-7H,1-2H3,(H,21,22)(H2,20,25,26). The van der Waals surface area contributed by atoms with E-state index in [-0.39, 0.29) is 39.3 Å². The lowest BCUT2D eigenvalue weighted by molar-refractivity contribution is -0.137. The van der Waals surface area contributed by atoms with Crippen molar-refractivity contribution in [2.75, 3.05) is 5.32 Å². The van der Waals surface area contributed by atoms with Crippen LogP contribution in [0, 0.1) is 13.8 Å². The van der Waals surface area contributed by atoms with Crippen LogP contribution in [-0.4, -0.2) is 23.6 Å². The molecule has 8 nitrogen and oxygen atoms in total. The predicted molar refractivity (Wildman–Crippen MR) is 93.1 cm³/mol. The number of nitrogens with zero attached hydrogens (tertiary/aromatic N) is 3.